The van der Waals surface area contributed by atoms with E-state index >= 15 is 4.39 Å². The van der Waals surface area contributed by atoms with Crippen LogP contribution < -0.4 is 10.3 Å². The Labute approximate surface area is 192 Å². The van der Waals surface area contributed by atoms with E-state index < -0.39 is 23.1 Å². The summed E-state index contributed by atoms with van der Waals surface area (Å²) in [6.45, 7) is 3.49. The first kappa shape index (κ1) is 22.5. The van der Waals surface area contributed by atoms with E-state index in [0.29, 0.717) is 21.9 Å². The maximum atomic E-state index is 15.2. The predicted molar refractivity (Wildman–Crippen MR) is 125 cm³/mol. The molecule has 0 spiro atoms. The van der Waals surface area contributed by atoms with Crippen molar-refractivity contribution in [3.05, 3.63) is 92.1 Å². The lowest BCUT2D eigenvalue weighted by molar-refractivity contribution is 0.526. The summed E-state index contributed by atoms with van der Waals surface area (Å²) in [6.07, 6.45) is 1.72. The molecular weight excluding hydrogens is 453 g/mol. The number of aryl methyl sites for hydroxylation is 1. The van der Waals surface area contributed by atoms with Gasteiger partial charge in [0.25, 0.3) is 5.56 Å². The van der Waals surface area contributed by atoms with Gasteiger partial charge < -0.3 is 4.57 Å². The first-order valence-corrected chi connectivity index (χ1v) is 11.4. The number of nitrogens with one attached hydrogen (secondary N) is 1. The van der Waals surface area contributed by atoms with Crippen molar-refractivity contribution < 1.29 is 13.2 Å². The number of hydrogen-bond donors (Lipinski definition) is 2. The molecule has 1 aliphatic heterocycles. The van der Waals surface area contributed by atoms with Crippen LogP contribution in [0.25, 0.3) is 11.1 Å². The minimum Gasteiger partial charge on any atom is -0.318 e. The van der Waals surface area contributed by atoms with Crippen LogP contribution in [0.3, 0.4) is 0 Å². The molecule has 3 unspecified atom stereocenters. The lowest BCUT2D eigenvalue weighted by Gasteiger charge is -2.18. The van der Waals surface area contributed by atoms with Crippen LogP contribution in [0.2, 0.25) is 5.02 Å². The molecule has 166 valence electrons. The Balaban J connectivity index is 2.03. The summed E-state index contributed by atoms with van der Waals surface area (Å²) in [7, 11) is 1.66. The Morgan fingerprint density at radius 2 is 1.88 bits per heavy atom. The Morgan fingerprint density at radius 3 is 2.53 bits per heavy atom. The van der Waals surface area contributed by atoms with Gasteiger partial charge in [0.2, 0.25) is 11.3 Å². The molecule has 0 saturated carbocycles. The highest BCUT2D eigenvalue weighted by Gasteiger charge is 2.26. The number of pyridine rings is 1. The summed E-state index contributed by atoms with van der Waals surface area (Å²) in [5, 5.41) is 0.570. The number of benzene rings is 2. The fourth-order valence-electron chi connectivity index (χ4n) is 3.94. The highest BCUT2D eigenvalue weighted by Crippen LogP contribution is 2.39. The van der Waals surface area contributed by atoms with Crippen molar-refractivity contribution in [3.8, 4) is 11.1 Å². The van der Waals surface area contributed by atoms with Gasteiger partial charge in [0.15, 0.2) is 0 Å². The molecule has 2 N–H and O–H groups in total. The highest BCUT2D eigenvalue weighted by atomic mass is 35.5. The first-order valence-electron chi connectivity index (χ1n) is 9.91. The summed E-state index contributed by atoms with van der Waals surface area (Å²) < 4.78 is 39.5. The zero-order chi connectivity index (χ0) is 23.2. The van der Waals surface area contributed by atoms with Gasteiger partial charge >= 0.3 is 0 Å². The van der Waals surface area contributed by atoms with Gasteiger partial charge in [-0.1, -0.05) is 23.7 Å². The normalized spacial score (nSPS) is 17.1. The van der Waals surface area contributed by atoms with Crippen LogP contribution in [-0.4, -0.2) is 19.0 Å². The van der Waals surface area contributed by atoms with Gasteiger partial charge in [0, 0.05) is 52.6 Å². The van der Waals surface area contributed by atoms with E-state index in [2.05, 4.69) is 4.72 Å². The zero-order valence-electron chi connectivity index (χ0n) is 17.6. The van der Waals surface area contributed by atoms with Crippen LogP contribution in [0.4, 0.5) is 4.39 Å². The van der Waals surface area contributed by atoms with Crippen molar-refractivity contribution in [2.24, 2.45) is 12.0 Å². The van der Waals surface area contributed by atoms with Crippen LogP contribution in [-0.2, 0) is 18.3 Å². The molecule has 2 aromatic carbocycles. The fraction of sp³-hybridized carbons (Fsp3) is 0.217. The molecule has 0 fully saturated rings. The summed E-state index contributed by atoms with van der Waals surface area (Å²) in [6, 6.07) is 10.6. The van der Waals surface area contributed by atoms with Gasteiger partial charge in [-0.25, -0.2) is 13.3 Å². The van der Waals surface area contributed by atoms with Gasteiger partial charge in [-0.05, 0) is 49.2 Å². The van der Waals surface area contributed by atoms with Gasteiger partial charge in [-0.3, -0.25) is 14.3 Å². The average molecular weight is 474 g/mol. The smallest absolute Gasteiger partial charge is 0.250 e. The van der Waals surface area contributed by atoms with E-state index in [1.54, 1.807) is 44.4 Å². The first-order chi connectivity index (χ1) is 15.2. The van der Waals surface area contributed by atoms with E-state index in [1.807, 2.05) is 19.1 Å². The van der Waals surface area contributed by atoms with Crippen LogP contribution in [0.15, 0.2) is 58.4 Å². The van der Waals surface area contributed by atoms with Crippen molar-refractivity contribution >= 4 is 28.6 Å². The van der Waals surface area contributed by atoms with Crippen LogP contribution in [0, 0.1) is 5.82 Å². The van der Waals surface area contributed by atoms with Crippen molar-refractivity contribution in [3.63, 3.8) is 0 Å². The van der Waals surface area contributed by atoms with Crippen LogP contribution >= 0.6 is 11.6 Å². The second-order valence-electron chi connectivity index (χ2n) is 7.76. The molecule has 0 aliphatic carbocycles. The molecule has 3 atom stereocenters. The Morgan fingerprint density at radius 1 is 1.19 bits per heavy atom. The molecule has 0 amide bonds. The SMILES string of the molecule is CC1N=C(c2ccc(Cl)cc2)c2cc(F)c(C(C)NS(=O)O)cc2-c2cn(C)c(=O)cc21. The predicted octanol–water partition coefficient (Wildman–Crippen LogP) is 4.54. The fourth-order valence-corrected chi connectivity index (χ4v) is 4.50. The second kappa shape index (κ2) is 8.71. The molecule has 9 heteroatoms. The highest BCUT2D eigenvalue weighted by molar-refractivity contribution is 7.77. The maximum Gasteiger partial charge on any atom is 0.250 e. The summed E-state index contributed by atoms with van der Waals surface area (Å²) >= 11 is 3.75. The van der Waals surface area contributed by atoms with Gasteiger partial charge in [0.05, 0.1) is 11.8 Å². The summed E-state index contributed by atoms with van der Waals surface area (Å²) in [5.74, 6) is -0.531. The zero-order valence-corrected chi connectivity index (χ0v) is 19.2. The molecule has 4 rings (SSSR count). The molecular formula is C23H21ClFN3O3S. The average Bonchev–Trinajstić information content (AvgIpc) is 2.83. The number of aliphatic imine (C=N–C) groups is 1. The molecule has 32 heavy (non-hydrogen) atoms. The lowest BCUT2D eigenvalue weighted by atomic mass is 9.89. The molecule has 0 bridgehead atoms. The van der Waals surface area contributed by atoms with E-state index in [0.717, 1.165) is 16.7 Å². The number of aromatic nitrogens is 1. The third-order valence-corrected chi connectivity index (χ3v) is 6.38. The number of halogens is 2. The van der Waals surface area contributed by atoms with E-state index in [9.17, 15) is 13.6 Å². The molecule has 1 aliphatic rings. The summed E-state index contributed by atoms with van der Waals surface area (Å²) in [5.41, 5.74) is 4.12. The van der Waals surface area contributed by atoms with Crippen molar-refractivity contribution in [1.82, 2.24) is 9.29 Å². The summed E-state index contributed by atoms with van der Waals surface area (Å²) in [4.78, 5) is 17.2. The minimum absolute atomic E-state index is 0.171. The number of nitrogens with zero attached hydrogens (tertiary/aromatic N) is 2. The van der Waals surface area contributed by atoms with E-state index in [-0.39, 0.29) is 17.2 Å². The minimum atomic E-state index is -2.30. The maximum absolute atomic E-state index is 15.2. The van der Waals surface area contributed by atoms with Gasteiger partial charge in [-0.2, -0.15) is 0 Å². The molecule has 0 radical (unpaired) electrons. The Hall–Kier alpha value is -2.65. The van der Waals surface area contributed by atoms with Crippen molar-refractivity contribution in [2.45, 2.75) is 25.9 Å². The monoisotopic (exact) mass is 473 g/mol. The number of fused-ring (bicyclic) bond motifs is 3. The second-order valence-corrected chi connectivity index (χ2v) is 8.93. The van der Waals surface area contributed by atoms with E-state index in [1.165, 1.54) is 10.6 Å². The van der Waals surface area contributed by atoms with Crippen LogP contribution in [0.1, 0.15) is 48.2 Å². The standard InChI is InChI=1S/C23H21ClFN3O3S/c1-12-16-10-22(29)28(3)11-20(16)18-8-17(13(2)27-32(30)31)21(25)9-19(18)23(26-12)14-4-6-15(24)7-5-14/h4-13,27H,1-3H3,(H,30,31). The molecule has 3 aromatic rings. The van der Waals surface area contributed by atoms with Crippen LogP contribution in [0.5, 0.6) is 0 Å². The van der Waals surface area contributed by atoms with Crippen molar-refractivity contribution in [2.75, 3.05) is 0 Å². The topological polar surface area (TPSA) is 83.7 Å². The Bertz CT molecular complexity index is 1320. The third-order valence-electron chi connectivity index (χ3n) is 5.58. The van der Waals surface area contributed by atoms with Crippen molar-refractivity contribution in [1.29, 1.82) is 0 Å². The lowest BCUT2D eigenvalue weighted by Crippen LogP contribution is -2.22. The Kier molecular flexibility index (Phi) is 6.13. The number of hydrogen-bond acceptors (Lipinski definition) is 3. The molecule has 1 aromatic heterocycles. The molecule has 6 nitrogen and oxygen atoms in total. The third kappa shape index (κ3) is 4.19. The number of rotatable bonds is 4. The molecule has 0 saturated heterocycles. The van der Waals surface area contributed by atoms with E-state index in [4.69, 9.17) is 16.6 Å². The van der Waals surface area contributed by atoms with Gasteiger partial charge in [-0.15, -0.1) is 0 Å². The molecule has 2 heterocycles. The van der Waals surface area contributed by atoms with Gasteiger partial charge in [0.1, 0.15) is 5.82 Å². The quantitative estimate of drug-likeness (QED) is 0.545. The largest absolute Gasteiger partial charge is 0.318 e.